The molecule has 0 amide bonds. The van der Waals surface area contributed by atoms with Crippen molar-refractivity contribution < 1.29 is 17.6 Å². The van der Waals surface area contributed by atoms with Gasteiger partial charge < -0.3 is 9.80 Å². The van der Waals surface area contributed by atoms with Gasteiger partial charge in [0.1, 0.15) is 17.4 Å². The van der Waals surface area contributed by atoms with E-state index in [9.17, 15) is 17.6 Å². The lowest BCUT2D eigenvalue weighted by molar-refractivity contribution is -0.200. The van der Waals surface area contributed by atoms with Crippen molar-refractivity contribution in [2.45, 2.75) is 37.6 Å². The van der Waals surface area contributed by atoms with Crippen molar-refractivity contribution in [1.82, 2.24) is 24.6 Å². The third-order valence-electron chi connectivity index (χ3n) is 8.19. The average Bonchev–Trinajstić information content (AvgIpc) is 3.57. The summed E-state index contributed by atoms with van der Waals surface area (Å²) in [4.78, 5) is 9.66. The summed E-state index contributed by atoms with van der Waals surface area (Å²) in [5.74, 6) is 0.982. The first-order chi connectivity index (χ1) is 18.1. The molecular formula is C25H21ClF4N8. The van der Waals surface area contributed by atoms with Gasteiger partial charge >= 0.3 is 6.18 Å². The molecule has 0 atom stereocenters. The zero-order chi connectivity index (χ0) is 26.4. The molecule has 1 aliphatic carbocycles. The van der Waals surface area contributed by atoms with Gasteiger partial charge in [0, 0.05) is 43.2 Å². The largest absolute Gasteiger partial charge is 0.406 e. The van der Waals surface area contributed by atoms with Crippen molar-refractivity contribution in [1.29, 1.82) is 5.26 Å². The minimum Gasteiger partial charge on any atom is -0.355 e. The van der Waals surface area contributed by atoms with Crippen LogP contribution >= 0.6 is 11.6 Å². The summed E-state index contributed by atoms with van der Waals surface area (Å²) >= 11 is 6.25. The SMILES string of the molecule is N#Cc1nc(N2CC3(C2)CN(c2nnc4n2-c2ccc(Cl)cc2CN(C2(C(F)(F)F)CC2)C4)C3)ccc1F. The van der Waals surface area contributed by atoms with Crippen LogP contribution in [0.3, 0.4) is 0 Å². The Morgan fingerprint density at radius 3 is 2.39 bits per heavy atom. The number of nitriles is 1. The molecule has 3 aromatic rings. The summed E-state index contributed by atoms with van der Waals surface area (Å²) in [6, 6.07) is 9.86. The fourth-order valence-corrected chi connectivity index (χ4v) is 6.30. The number of rotatable bonds is 3. The number of hydrogen-bond donors (Lipinski definition) is 0. The maximum atomic E-state index is 14.0. The molecule has 0 unspecified atom stereocenters. The molecule has 2 saturated heterocycles. The van der Waals surface area contributed by atoms with Crippen LogP contribution in [0, 0.1) is 22.6 Å². The normalized spacial score (nSPS) is 21.2. The molecule has 1 saturated carbocycles. The summed E-state index contributed by atoms with van der Waals surface area (Å²) in [5, 5.41) is 18.3. The number of benzene rings is 1. The molecule has 38 heavy (non-hydrogen) atoms. The molecule has 5 heterocycles. The van der Waals surface area contributed by atoms with Crippen molar-refractivity contribution in [3.05, 3.63) is 58.3 Å². The molecule has 196 valence electrons. The molecule has 0 N–H and O–H groups in total. The number of alkyl halides is 3. The van der Waals surface area contributed by atoms with E-state index in [1.54, 1.807) is 24.3 Å². The average molecular weight is 545 g/mol. The van der Waals surface area contributed by atoms with Gasteiger partial charge in [-0.3, -0.25) is 9.47 Å². The lowest BCUT2D eigenvalue weighted by Gasteiger charge is -2.60. The van der Waals surface area contributed by atoms with Crippen LogP contribution in [-0.2, 0) is 13.1 Å². The van der Waals surface area contributed by atoms with E-state index in [1.165, 1.54) is 11.0 Å². The van der Waals surface area contributed by atoms with Gasteiger partial charge in [0.2, 0.25) is 5.95 Å². The van der Waals surface area contributed by atoms with Crippen molar-refractivity contribution >= 4 is 23.4 Å². The molecule has 13 heteroatoms. The molecular weight excluding hydrogens is 524 g/mol. The Balaban J connectivity index is 1.15. The number of pyridine rings is 1. The molecule has 1 spiro atoms. The topological polar surface area (TPSA) is 77.1 Å². The lowest BCUT2D eigenvalue weighted by Crippen LogP contribution is -2.73. The van der Waals surface area contributed by atoms with Crippen LogP contribution in [-0.4, -0.2) is 62.5 Å². The summed E-state index contributed by atoms with van der Waals surface area (Å²) in [6.45, 7) is 2.92. The highest BCUT2D eigenvalue weighted by atomic mass is 35.5. The van der Waals surface area contributed by atoms with Gasteiger partial charge in [0.15, 0.2) is 17.3 Å². The Hall–Kier alpha value is -3.43. The second-order valence-corrected chi connectivity index (χ2v) is 11.2. The van der Waals surface area contributed by atoms with Crippen molar-refractivity contribution in [2.24, 2.45) is 5.41 Å². The highest BCUT2D eigenvalue weighted by molar-refractivity contribution is 6.30. The summed E-state index contributed by atoms with van der Waals surface area (Å²) < 4.78 is 57.6. The van der Waals surface area contributed by atoms with Crippen LogP contribution in [0.5, 0.6) is 0 Å². The van der Waals surface area contributed by atoms with Crippen molar-refractivity contribution in [2.75, 3.05) is 36.0 Å². The van der Waals surface area contributed by atoms with E-state index in [4.69, 9.17) is 16.9 Å². The second-order valence-electron chi connectivity index (χ2n) is 10.7. The number of hydrogen-bond acceptors (Lipinski definition) is 7. The molecule has 1 aromatic carbocycles. The van der Waals surface area contributed by atoms with E-state index in [1.807, 2.05) is 15.5 Å². The fraction of sp³-hybridized carbons (Fsp3) is 0.440. The smallest absolute Gasteiger partial charge is 0.355 e. The lowest BCUT2D eigenvalue weighted by atomic mass is 9.73. The first-order valence-corrected chi connectivity index (χ1v) is 12.6. The van der Waals surface area contributed by atoms with E-state index < -0.39 is 17.5 Å². The maximum Gasteiger partial charge on any atom is 0.406 e. The van der Waals surface area contributed by atoms with E-state index >= 15 is 0 Å². The van der Waals surface area contributed by atoms with Gasteiger partial charge in [-0.2, -0.15) is 18.4 Å². The Morgan fingerprint density at radius 1 is 0.974 bits per heavy atom. The van der Waals surface area contributed by atoms with E-state index in [-0.39, 0.29) is 37.0 Å². The van der Waals surface area contributed by atoms with Crippen LogP contribution < -0.4 is 9.80 Å². The van der Waals surface area contributed by atoms with Crippen LogP contribution in [0.4, 0.5) is 29.3 Å². The summed E-state index contributed by atoms with van der Waals surface area (Å²) in [6.07, 6.45) is -4.20. The van der Waals surface area contributed by atoms with Crippen molar-refractivity contribution in [3.63, 3.8) is 0 Å². The van der Waals surface area contributed by atoms with Gasteiger partial charge in [0.25, 0.3) is 0 Å². The van der Waals surface area contributed by atoms with Gasteiger partial charge in [0.05, 0.1) is 12.2 Å². The van der Waals surface area contributed by atoms with Gasteiger partial charge in [-0.15, -0.1) is 10.2 Å². The van der Waals surface area contributed by atoms with Crippen LogP contribution in [0.25, 0.3) is 5.69 Å². The van der Waals surface area contributed by atoms with Gasteiger partial charge in [-0.25, -0.2) is 9.37 Å². The second kappa shape index (κ2) is 7.80. The van der Waals surface area contributed by atoms with Crippen LogP contribution in [0.15, 0.2) is 30.3 Å². The zero-order valence-corrected chi connectivity index (χ0v) is 20.8. The van der Waals surface area contributed by atoms with Crippen LogP contribution in [0.1, 0.15) is 29.9 Å². The Bertz CT molecular complexity index is 1490. The predicted octanol–water partition coefficient (Wildman–Crippen LogP) is 4.06. The molecule has 8 nitrogen and oxygen atoms in total. The van der Waals surface area contributed by atoms with E-state index in [0.29, 0.717) is 54.4 Å². The number of fused-ring (bicyclic) bond motifs is 3. The van der Waals surface area contributed by atoms with E-state index in [0.717, 1.165) is 5.69 Å². The van der Waals surface area contributed by atoms with Crippen LogP contribution in [0.2, 0.25) is 5.02 Å². The van der Waals surface area contributed by atoms with Gasteiger partial charge in [-0.1, -0.05) is 11.6 Å². The summed E-state index contributed by atoms with van der Waals surface area (Å²) in [7, 11) is 0. The third kappa shape index (κ3) is 3.41. The number of halogens is 5. The minimum absolute atomic E-state index is 0.0107. The molecule has 4 aliphatic rings. The monoisotopic (exact) mass is 544 g/mol. The predicted molar refractivity (Wildman–Crippen MR) is 129 cm³/mol. The van der Waals surface area contributed by atoms with E-state index in [2.05, 4.69) is 20.1 Å². The molecule has 3 aliphatic heterocycles. The standard InChI is InChI=1S/C25H21ClF4N8/c26-16-1-3-19-15(7-16)9-37(24(5-6-24)25(28,29)30)10-21-33-34-22(38(19)21)36-13-23(14-36)11-35(12-23)20-4-2-17(27)18(8-31)32-20/h1-4,7H,5-6,9-14H2. The molecule has 7 rings (SSSR count). The summed E-state index contributed by atoms with van der Waals surface area (Å²) in [5.41, 5.74) is -0.641. The molecule has 3 fully saturated rings. The Morgan fingerprint density at radius 2 is 1.71 bits per heavy atom. The number of anilines is 2. The zero-order valence-electron chi connectivity index (χ0n) is 20.0. The highest BCUT2D eigenvalue weighted by Crippen LogP contribution is 2.55. The molecule has 0 bridgehead atoms. The minimum atomic E-state index is -4.34. The quantitative estimate of drug-likeness (QED) is 0.460. The fourth-order valence-electron chi connectivity index (χ4n) is 6.11. The van der Waals surface area contributed by atoms with Crippen molar-refractivity contribution in [3.8, 4) is 11.8 Å². The molecule has 0 radical (unpaired) electrons. The number of nitrogens with zero attached hydrogens (tertiary/aromatic N) is 8. The highest BCUT2D eigenvalue weighted by Gasteiger charge is 2.67. The molecule has 2 aromatic heterocycles. The Labute approximate surface area is 220 Å². The van der Waals surface area contributed by atoms with Gasteiger partial charge in [-0.05, 0) is 48.7 Å². The number of aromatic nitrogens is 4. The first kappa shape index (κ1) is 23.7. The Kier molecular flexibility index (Phi) is 4.86. The maximum absolute atomic E-state index is 14.0. The third-order valence-corrected chi connectivity index (χ3v) is 8.43. The first-order valence-electron chi connectivity index (χ1n) is 12.2.